The van der Waals surface area contributed by atoms with Crippen LogP contribution >= 0.6 is 12.8 Å². The van der Waals surface area contributed by atoms with Crippen molar-refractivity contribution in [2.45, 2.75) is 13.0 Å². The largest absolute Gasteiger partial charge is 0.497 e. The van der Waals surface area contributed by atoms with E-state index in [0.29, 0.717) is 11.3 Å². The molecule has 1 rings (SSSR count). The summed E-state index contributed by atoms with van der Waals surface area (Å²) in [6.45, 7) is 1.57. The Balaban J connectivity index is 2.73. The minimum absolute atomic E-state index is 0.580. The minimum Gasteiger partial charge on any atom is -0.497 e. The molecule has 0 aliphatic rings. The number of aliphatic hydroxyl groups is 1. The van der Waals surface area contributed by atoms with E-state index in [0.717, 1.165) is 0 Å². The third-order valence-electron chi connectivity index (χ3n) is 2.45. The standard InChI is InChI=1S/C11H15NO4S/c1-7(11(14)16-12-17)10(13)8-3-5-9(15-2)6-4-8/h3-7,10,12-13,17H,1-2H3/t7-,10?/m1/s1. The molecule has 0 saturated heterocycles. The van der Waals surface area contributed by atoms with Gasteiger partial charge in [-0.3, -0.25) is 0 Å². The highest BCUT2D eigenvalue weighted by molar-refractivity contribution is 7.77. The lowest BCUT2D eigenvalue weighted by molar-refractivity contribution is -0.155. The molecule has 0 fully saturated rings. The lowest BCUT2D eigenvalue weighted by atomic mass is 9.97. The molecule has 0 aliphatic heterocycles. The van der Waals surface area contributed by atoms with Crippen LogP contribution in [0, 0.1) is 5.92 Å². The molecule has 0 amide bonds. The quantitative estimate of drug-likeness (QED) is 0.547. The summed E-state index contributed by atoms with van der Waals surface area (Å²) in [6, 6.07) is 6.82. The van der Waals surface area contributed by atoms with Crippen molar-refractivity contribution in [3.8, 4) is 5.75 Å². The predicted octanol–water partition coefficient (Wildman–Crippen LogP) is 1.26. The normalized spacial score (nSPS) is 13.9. The fourth-order valence-corrected chi connectivity index (χ4v) is 1.45. The SMILES string of the molecule is COc1ccc(C(O)[C@@H](C)C(=O)ONS)cc1. The van der Waals surface area contributed by atoms with Gasteiger partial charge in [0.15, 0.2) is 0 Å². The molecule has 1 aromatic rings. The van der Waals surface area contributed by atoms with Crippen molar-refractivity contribution < 1.29 is 19.5 Å². The Kier molecular flexibility index (Phi) is 5.27. The van der Waals surface area contributed by atoms with Crippen LogP contribution in [0.3, 0.4) is 0 Å². The molecule has 0 heterocycles. The lowest BCUT2D eigenvalue weighted by Gasteiger charge is -2.17. The zero-order chi connectivity index (χ0) is 12.8. The number of aliphatic hydroxyl groups excluding tert-OH is 1. The molecular formula is C11H15NO4S. The van der Waals surface area contributed by atoms with Crippen molar-refractivity contribution in [2.24, 2.45) is 5.92 Å². The number of nitrogens with one attached hydrogen (secondary N) is 1. The summed E-state index contributed by atoms with van der Waals surface area (Å²) >= 11 is 3.55. The molecule has 0 spiro atoms. The molecule has 0 radical (unpaired) electrons. The fraction of sp³-hybridized carbons (Fsp3) is 0.364. The number of carbonyl (C=O) groups is 1. The van der Waals surface area contributed by atoms with E-state index in [-0.39, 0.29) is 0 Å². The van der Waals surface area contributed by atoms with Crippen molar-refractivity contribution >= 4 is 18.8 Å². The van der Waals surface area contributed by atoms with E-state index < -0.39 is 18.0 Å². The van der Waals surface area contributed by atoms with Gasteiger partial charge in [-0.15, -0.1) is 0 Å². The molecule has 0 aromatic heterocycles. The van der Waals surface area contributed by atoms with Gasteiger partial charge < -0.3 is 14.7 Å². The van der Waals surface area contributed by atoms with Crippen LogP contribution in [0.4, 0.5) is 0 Å². The van der Waals surface area contributed by atoms with Crippen LogP contribution in [-0.4, -0.2) is 18.2 Å². The molecule has 5 nitrogen and oxygen atoms in total. The summed E-state index contributed by atoms with van der Waals surface area (Å²) in [5.74, 6) is -0.584. The van der Waals surface area contributed by atoms with Gasteiger partial charge in [0.2, 0.25) is 0 Å². The van der Waals surface area contributed by atoms with Crippen molar-refractivity contribution in [2.75, 3.05) is 7.11 Å². The van der Waals surface area contributed by atoms with Crippen molar-refractivity contribution in [3.63, 3.8) is 0 Å². The van der Waals surface area contributed by atoms with Crippen LogP contribution in [-0.2, 0) is 9.63 Å². The summed E-state index contributed by atoms with van der Waals surface area (Å²) in [6.07, 6.45) is -0.935. The summed E-state index contributed by atoms with van der Waals surface area (Å²) in [7, 11) is 1.56. The lowest BCUT2D eigenvalue weighted by Crippen LogP contribution is -2.24. The number of benzene rings is 1. The molecule has 0 bridgehead atoms. The third-order valence-corrected chi connectivity index (χ3v) is 2.54. The Bertz CT molecular complexity index is 368. The minimum atomic E-state index is -0.935. The Morgan fingerprint density at radius 2 is 2.00 bits per heavy atom. The Morgan fingerprint density at radius 3 is 2.47 bits per heavy atom. The number of hydrogen-bond acceptors (Lipinski definition) is 6. The summed E-state index contributed by atoms with van der Waals surface area (Å²) in [5.41, 5.74) is 0.620. The highest BCUT2D eigenvalue weighted by Gasteiger charge is 2.25. The number of ether oxygens (including phenoxy) is 1. The maximum absolute atomic E-state index is 11.4. The number of methoxy groups -OCH3 is 1. The molecule has 0 aliphatic carbocycles. The van der Waals surface area contributed by atoms with Crippen LogP contribution in [0.25, 0.3) is 0 Å². The van der Waals surface area contributed by atoms with Crippen LogP contribution in [0.2, 0.25) is 0 Å². The Labute approximate surface area is 105 Å². The molecule has 2 N–H and O–H groups in total. The van der Waals surface area contributed by atoms with Crippen LogP contribution in [0.15, 0.2) is 24.3 Å². The first-order valence-electron chi connectivity index (χ1n) is 5.02. The predicted molar refractivity (Wildman–Crippen MR) is 65.3 cm³/mol. The first-order valence-corrected chi connectivity index (χ1v) is 5.46. The van der Waals surface area contributed by atoms with Crippen molar-refractivity contribution in [1.82, 2.24) is 4.89 Å². The van der Waals surface area contributed by atoms with Gasteiger partial charge >= 0.3 is 5.97 Å². The molecule has 17 heavy (non-hydrogen) atoms. The highest BCUT2D eigenvalue weighted by Crippen LogP contribution is 2.24. The zero-order valence-corrected chi connectivity index (χ0v) is 10.5. The molecule has 2 atom stereocenters. The zero-order valence-electron chi connectivity index (χ0n) is 9.58. The molecule has 94 valence electrons. The van der Waals surface area contributed by atoms with Gasteiger partial charge in [0.05, 0.1) is 19.1 Å². The van der Waals surface area contributed by atoms with E-state index in [9.17, 15) is 9.90 Å². The van der Waals surface area contributed by atoms with E-state index in [1.165, 1.54) is 0 Å². The van der Waals surface area contributed by atoms with E-state index in [2.05, 4.69) is 17.7 Å². The summed E-state index contributed by atoms with van der Waals surface area (Å²) in [5, 5.41) is 9.96. The first kappa shape index (κ1) is 13.8. The average molecular weight is 257 g/mol. The molecule has 1 aromatic carbocycles. The van der Waals surface area contributed by atoms with Crippen molar-refractivity contribution in [3.05, 3.63) is 29.8 Å². The van der Waals surface area contributed by atoms with Crippen LogP contribution < -0.4 is 9.62 Å². The molecular weight excluding hydrogens is 242 g/mol. The maximum atomic E-state index is 11.4. The fourth-order valence-electron chi connectivity index (χ4n) is 1.36. The second kappa shape index (κ2) is 6.48. The van der Waals surface area contributed by atoms with Gasteiger partial charge in [-0.1, -0.05) is 29.8 Å². The molecule has 0 saturated carbocycles. The van der Waals surface area contributed by atoms with Crippen LogP contribution in [0.1, 0.15) is 18.6 Å². The van der Waals surface area contributed by atoms with Crippen molar-refractivity contribution in [1.29, 1.82) is 0 Å². The van der Waals surface area contributed by atoms with E-state index >= 15 is 0 Å². The first-order chi connectivity index (χ1) is 8.10. The highest BCUT2D eigenvalue weighted by atomic mass is 32.1. The Morgan fingerprint density at radius 1 is 1.41 bits per heavy atom. The van der Waals surface area contributed by atoms with Gasteiger partial charge in [0.25, 0.3) is 0 Å². The topological polar surface area (TPSA) is 67.8 Å². The third kappa shape index (κ3) is 3.62. The second-order valence-corrected chi connectivity index (χ2v) is 3.70. The van der Waals surface area contributed by atoms with E-state index in [1.54, 1.807) is 38.3 Å². The maximum Gasteiger partial charge on any atom is 0.331 e. The smallest absolute Gasteiger partial charge is 0.331 e. The van der Waals surface area contributed by atoms with Gasteiger partial charge in [0.1, 0.15) is 5.75 Å². The average Bonchev–Trinajstić information content (AvgIpc) is 2.37. The summed E-state index contributed by atoms with van der Waals surface area (Å²) < 4.78 is 5.00. The van der Waals surface area contributed by atoms with Gasteiger partial charge in [-0.05, 0) is 24.6 Å². The van der Waals surface area contributed by atoms with Gasteiger partial charge in [-0.2, -0.15) is 0 Å². The molecule has 6 heteroatoms. The summed E-state index contributed by atoms with van der Waals surface area (Å²) in [4.78, 5) is 17.8. The monoisotopic (exact) mass is 257 g/mol. The number of thiol groups is 1. The second-order valence-electron chi connectivity index (χ2n) is 3.52. The van der Waals surface area contributed by atoms with Gasteiger partial charge in [-0.25, -0.2) is 4.79 Å². The van der Waals surface area contributed by atoms with E-state index in [1.807, 2.05) is 4.89 Å². The van der Waals surface area contributed by atoms with E-state index in [4.69, 9.17) is 4.74 Å². The number of carbonyl (C=O) groups excluding carboxylic acids is 1. The Hall–Kier alpha value is -1.24. The number of hydrogen-bond donors (Lipinski definition) is 3. The molecule has 1 unspecified atom stereocenters. The van der Waals surface area contributed by atoms with Gasteiger partial charge in [0, 0.05) is 0 Å². The number of rotatable bonds is 5. The van der Waals surface area contributed by atoms with Crippen LogP contribution in [0.5, 0.6) is 5.75 Å².